The van der Waals surface area contributed by atoms with Gasteiger partial charge in [0, 0.05) is 12.7 Å². The number of aromatic nitrogens is 3. The number of carbonyl (C=O) groups excluding carboxylic acids is 1. The van der Waals surface area contributed by atoms with Gasteiger partial charge >= 0.3 is 0 Å². The summed E-state index contributed by atoms with van der Waals surface area (Å²) >= 11 is 1.68. The maximum absolute atomic E-state index is 12.9. The number of carbonyl (C=O) groups is 1. The molecule has 1 saturated heterocycles. The van der Waals surface area contributed by atoms with Gasteiger partial charge in [-0.15, -0.1) is 11.3 Å². The number of thiazole rings is 1. The Hall–Kier alpha value is -2.34. The lowest BCUT2D eigenvalue weighted by Crippen LogP contribution is -2.38. The number of para-hydroxylation sites is 1. The number of rotatable bonds is 2. The van der Waals surface area contributed by atoms with E-state index < -0.39 is 0 Å². The van der Waals surface area contributed by atoms with E-state index in [0.29, 0.717) is 5.69 Å². The summed E-state index contributed by atoms with van der Waals surface area (Å²) in [5.74, 6) is -0.0496. The number of hydrogen-bond donors (Lipinski definition) is 0. The van der Waals surface area contributed by atoms with E-state index in [1.165, 1.54) is 4.70 Å². The SMILES string of the molecule is Cc1cnc(C(=O)N2CCCC[C@@H]2c2nc3ccccc3s2)cn1. The van der Waals surface area contributed by atoms with Gasteiger partial charge in [0.05, 0.1) is 28.1 Å². The summed E-state index contributed by atoms with van der Waals surface area (Å²) in [6, 6.07) is 8.16. The van der Waals surface area contributed by atoms with Crippen LogP contribution in [0, 0.1) is 6.92 Å². The van der Waals surface area contributed by atoms with E-state index in [9.17, 15) is 4.79 Å². The number of likely N-dealkylation sites (tertiary alicyclic amines) is 1. The summed E-state index contributed by atoms with van der Waals surface area (Å²) in [4.78, 5) is 28.1. The van der Waals surface area contributed by atoms with Crippen LogP contribution in [0.25, 0.3) is 10.2 Å². The summed E-state index contributed by atoms with van der Waals surface area (Å²) in [5, 5.41) is 1.02. The first-order valence-corrected chi connectivity index (χ1v) is 8.99. The van der Waals surface area contributed by atoms with Gasteiger partial charge in [0.15, 0.2) is 0 Å². The first-order chi connectivity index (χ1) is 11.7. The summed E-state index contributed by atoms with van der Waals surface area (Å²) in [7, 11) is 0. The highest BCUT2D eigenvalue weighted by molar-refractivity contribution is 7.18. The van der Waals surface area contributed by atoms with E-state index >= 15 is 0 Å². The molecule has 122 valence electrons. The number of amides is 1. The Labute approximate surface area is 144 Å². The van der Waals surface area contributed by atoms with Gasteiger partial charge in [-0.05, 0) is 38.3 Å². The first-order valence-electron chi connectivity index (χ1n) is 8.17. The summed E-state index contributed by atoms with van der Waals surface area (Å²) in [6.07, 6.45) is 6.30. The van der Waals surface area contributed by atoms with E-state index in [0.717, 1.165) is 42.0 Å². The van der Waals surface area contributed by atoms with Crippen molar-refractivity contribution in [2.75, 3.05) is 6.54 Å². The molecule has 1 atom stereocenters. The Morgan fingerprint density at radius 3 is 2.88 bits per heavy atom. The molecule has 0 aliphatic carbocycles. The van der Waals surface area contributed by atoms with Crippen LogP contribution >= 0.6 is 11.3 Å². The smallest absolute Gasteiger partial charge is 0.274 e. The van der Waals surface area contributed by atoms with Crippen LogP contribution in [-0.4, -0.2) is 32.3 Å². The van der Waals surface area contributed by atoms with Crippen molar-refractivity contribution in [3.63, 3.8) is 0 Å². The highest BCUT2D eigenvalue weighted by Crippen LogP contribution is 2.36. The third-order valence-electron chi connectivity index (χ3n) is 4.36. The standard InChI is InChI=1S/C18H18N4OS/c1-12-10-20-14(11-19-12)18(23)22-9-5-4-7-15(22)17-21-13-6-2-3-8-16(13)24-17/h2-3,6,8,10-11,15H,4-5,7,9H2,1H3/t15-/m1/s1. The monoisotopic (exact) mass is 338 g/mol. The average Bonchev–Trinajstić information content (AvgIpc) is 3.06. The Bertz CT molecular complexity index is 841. The molecule has 0 bridgehead atoms. The molecule has 0 radical (unpaired) electrons. The van der Waals surface area contributed by atoms with Crippen LogP contribution in [-0.2, 0) is 0 Å². The fourth-order valence-electron chi connectivity index (χ4n) is 3.11. The van der Waals surface area contributed by atoms with E-state index in [2.05, 4.69) is 16.0 Å². The Morgan fingerprint density at radius 1 is 1.21 bits per heavy atom. The molecule has 6 heteroatoms. The van der Waals surface area contributed by atoms with Crippen molar-refractivity contribution < 1.29 is 4.79 Å². The number of nitrogens with zero attached hydrogens (tertiary/aromatic N) is 4. The zero-order valence-electron chi connectivity index (χ0n) is 13.5. The number of benzene rings is 1. The molecule has 1 aliphatic heterocycles. The lowest BCUT2D eigenvalue weighted by molar-refractivity contribution is 0.0605. The molecule has 3 aromatic rings. The van der Waals surface area contributed by atoms with Crippen LogP contribution in [0.5, 0.6) is 0 Å². The lowest BCUT2D eigenvalue weighted by Gasteiger charge is -2.34. The molecule has 4 rings (SSSR count). The van der Waals surface area contributed by atoms with Gasteiger partial charge in [0.2, 0.25) is 0 Å². The van der Waals surface area contributed by atoms with Crippen molar-refractivity contribution in [1.29, 1.82) is 0 Å². The van der Waals surface area contributed by atoms with Gasteiger partial charge in [-0.1, -0.05) is 12.1 Å². The lowest BCUT2D eigenvalue weighted by atomic mass is 10.0. The molecule has 1 aromatic carbocycles. The van der Waals surface area contributed by atoms with E-state index in [1.54, 1.807) is 23.7 Å². The second-order valence-corrected chi connectivity index (χ2v) is 7.14. The van der Waals surface area contributed by atoms with Gasteiger partial charge in [-0.25, -0.2) is 9.97 Å². The molecule has 0 unspecified atom stereocenters. The topological polar surface area (TPSA) is 59.0 Å². The largest absolute Gasteiger partial charge is 0.328 e. The zero-order chi connectivity index (χ0) is 16.5. The van der Waals surface area contributed by atoms with Gasteiger partial charge in [0.1, 0.15) is 10.7 Å². The molecule has 2 aromatic heterocycles. The summed E-state index contributed by atoms with van der Waals surface area (Å²) in [5.41, 5.74) is 2.23. The van der Waals surface area contributed by atoms with E-state index in [-0.39, 0.29) is 11.9 Å². The minimum absolute atomic E-state index is 0.0340. The number of fused-ring (bicyclic) bond motifs is 1. The average molecular weight is 338 g/mol. The van der Waals surface area contributed by atoms with Gasteiger partial charge in [-0.2, -0.15) is 0 Å². The van der Waals surface area contributed by atoms with Gasteiger partial charge in [-0.3, -0.25) is 9.78 Å². The van der Waals surface area contributed by atoms with E-state index in [4.69, 9.17) is 4.98 Å². The molecule has 1 amide bonds. The molecule has 0 saturated carbocycles. The molecule has 24 heavy (non-hydrogen) atoms. The van der Waals surface area contributed by atoms with Gasteiger partial charge in [0.25, 0.3) is 5.91 Å². The highest BCUT2D eigenvalue weighted by atomic mass is 32.1. The second-order valence-electron chi connectivity index (χ2n) is 6.07. The van der Waals surface area contributed by atoms with Crippen LogP contribution in [0.15, 0.2) is 36.7 Å². The van der Waals surface area contributed by atoms with Crippen molar-refractivity contribution in [3.05, 3.63) is 53.1 Å². The molecule has 0 spiro atoms. The van der Waals surface area contributed by atoms with Crippen LogP contribution in [0.4, 0.5) is 0 Å². The second kappa shape index (κ2) is 6.28. The zero-order valence-corrected chi connectivity index (χ0v) is 14.3. The third-order valence-corrected chi connectivity index (χ3v) is 5.50. The van der Waals surface area contributed by atoms with Crippen molar-refractivity contribution >= 4 is 27.5 Å². The molecule has 5 nitrogen and oxygen atoms in total. The Kier molecular flexibility index (Phi) is 3.98. The maximum atomic E-state index is 12.9. The number of aryl methyl sites for hydroxylation is 1. The minimum atomic E-state index is -0.0496. The van der Waals surface area contributed by atoms with Crippen LogP contribution < -0.4 is 0 Å². The Balaban J connectivity index is 1.67. The molecular weight excluding hydrogens is 320 g/mol. The fraction of sp³-hybridized carbons (Fsp3) is 0.333. The quantitative estimate of drug-likeness (QED) is 0.714. The van der Waals surface area contributed by atoms with Crippen molar-refractivity contribution in [1.82, 2.24) is 19.9 Å². The predicted molar refractivity (Wildman–Crippen MR) is 94.0 cm³/mol. The predicted octanol–water partition coefficient (Wildman–Crippen LogP) is 3.76. The molecule has 1 aliphatic rings. The van der Waals surface area contributed by atoms with Crippen LogP contribution in [0.1, 0.15) is 46.5 Å². The first kappa shape index (κ1) is 15.2. The summed E-state index contributed by atoms with van der Waals surface area (Å²) in [6.45, 7) is 2.61. The van der Waals surface area contributed by atoms with Crippen LogP contribution in [0.3, 0.4) is 0 Å². The Morgan fingerprint density at radius 2 is 2.08 bits per heavy atom. The number of piperidine rings is 1. The molecule has 3 heterocycles. The molecular formula is C18H18N4OS. The third kappa shape index (κ3) is 2.78. The minimum Gasteiger partial charge on any atom is -0.328 e. The van der Waals surface area contributed by atoms with Crippen molar-refractivity contribution in [3.8, 4) is 0 Å². The molecule has 0 N–H and O–H groups in total. The molecule has 1 fully saturated rings. The highest BCUT2D eigenvalue weighted by Gasteiger charge is 2.31. The van der Waals surface area contributed by atoms with Crippen LogP contribution in [0.2, 0.25) is 0 Å². The van der Waals surface area contributed by atoms with E-state index in [1.807, 2.05) is 30.0 Å². The van der Waals surface area contributed by atoms with Gasteiger partial charge < -0.3 is 4.90 Å². The fourth-order valence-corrected chi connectivity index (χ4v) is 4.23. The summed E-state index contributed by atoms with van der Waals surface area (Å²) < 4.78 is 1.17. The normalized spacial score (nSPS) is 18.0. The number of hydrogen-bond acceptors (Lipinski definition) is 5. The van der Waals surface area contributed by atoms with Crippen molar-refractivity contribution in [2.24, 2.45) is 0 Å². The van der Waals surface area contributed by atoms with Crippen molar-refractivity contribution in [2.45, 2.75) is 32.2 Å². The maximum Gasteiger partial charge on any atom is 0.274 e.